The summed E-state index contributed by atoms with van der Waals surface area (Å²) in [6.07, 6.45) is 0.200. The molecule has 1 atom stereocenters. The molecule has 2 N–H and O–H groups in total. The maximum atomic E-state index is 13.5. The molecular formula is C10H16FNO3. The smallest absolute Gasteiger partial charge is 0.337 e. The lowest BCUT2D eigenvalue weighted by Crippen LogP contribution is -2.23. The second-order valence-electron chi connectivity index (χ2n) is 3.45. The number of halogens is 1. The van der Waals surface area contributed by atoms with Crippen LogP contribution in [0.3, 0.4) is 0 Å². The molecule has 1 fully saturated rings. The van der Waals surface area contributed by atoms with Gasteiger partial charge in [-0.3, -0.25) is 0 Å². The molecule has 86 valence electrons. The fraction of sp³-hybridized carbons (Fsp3) is 0.700. The van der Waals surface area contributed by atoms with Gasteiger partial charge in [0.05, 0.1) is 6.61 Å². The molecule has 0 saturated carbocycles. The van der Waals surface area contributed by atoms with E-state index in [1.165, 1.54) is 0 Å². The minimum atomic E-state index is -1.12. The van der Waals surface area contributed by atoms with Gasteiger partial charge in [0.2, 0.25) is 0 Å². The zero-order valence-corrected chi connectivity index (χ0v) is 8.75. The van der Waals surface area contributed by atoms with Crippen LogP contribution in [0.25, 0.3) is 0 Å². The average molecular weight is 217 g/mol. The monoisotopic (exact) mass is 217 g/mol. The highest BCUT2D eigenvalue weighted by Crippen LogP contribution is 2.24. The topological polar surface area (TPSA) is 58.6 Å². The number of aliphatic carboxylic acids is 1. The van der Waals surface area contributed by atoms with E-state index in [-0.39, 0.29) is 18.7 Å². The minimum absolute atomic E-state index is 0.0936. The first-order valence-corrected chi connectivity index (χ1v) is 5.09. The zero-order valence-electron chi connectivity index (χ0n) is 8.75. The van der Waals surface area contributed by atoms with E-state index >= 15 is 0 Å². The third-order valence-electron chi connectivity index (χ3n) is 2.25. The SMILES string of the molecule is CCCNCC(F)=C1CCOC1C(=O)O. The van der Waals surface area contributed by atoms with Crippen LogP contribution in [0.4, 0.5) is 4.39 Å². The molecule has 0 amide bonds. The number of hydrogen-bond donors (Lipinski definition) is 2. The van der Waals surface area contributed by atoms with E-state index in [1.807, 2.05) is 6.92 Å². The third kappa shape index (κ3) is 3.28. The van der Waals surface area contributed by atoms with Crippen molar-refractivity contribution in [3.8, 4) is 0 Å². The number of carbonyl (C=O) groups is 1. The Hall–Kier alpha value is -0.940. The molecule has 0 spiro atoms. The molecule has 0 aromatic heterocycles. The van der Waals surface area contributed by atoms with Crippen LogP contribution in [0, 0.1) is 0 Å². The number of rotatable bonds is 5. The van der Waals surface area contributed by atoms with Crippen LogP contribution in [-0.2, 0) is 9.53 Å². The van der Waals surface area contributed by atoms with Gasteiger partial charge in [0.1, 0.15) is 5.83 Å². The van der Waals surface area contributed by atoms with E-state index in [2.05, 4.69) is 5.32 Å². The molecule has 0 radical (unpaired) electrons. The largest absolute Gasteiger partial charge is 0.479 e. The van der Waals surface area contributed by atoms with Gasteiger partial charge in [-0.05, 0) is 19.4 Å². The van der Waals surface area contributed by atoms with Gasteiger partial charge in [-0.25, -0.2) is 9.18 Å². The second-order valence-corrected chi connectivity index (χ2v) is 3.45. The highest BCUT2D eigenvalue weighted by molar-refractivity contribution is 5.77. The van der Waals surface area contributed by atoms with Crippen LogP contribution < -0.4 is 5.32 Å². The van der Waals surface area contributed by atoms with Crippen molar-refractivity contribution in [2.45, 2.75) is 25.9 Å². The Morgan fingerprint density at radius 2 is 2.47 bits per heavy atom. The summed E-state index contributed by atoms with van der Waals surface area (Å²) < 4.78 is 18.4. The Balaban J connectivity index is 2.57. The van der Waals surface area contributed by atoms with Crippen molar-refractivity contribution in [1.82, 2.24) is 5.32 Å². The molecule has 5 heteroatoms. The van der Waals surface area contributed by atoms with Crippen molar-refractivity contribution in [3.63, 3.8) is 0 Å². The number of hydrogen-bond acceptors (Lipinski definition) is 3. The molecule has 0 aliphatic carbocycles. The molecule has 1 unspecified atom stereocenters. The summed E-state index contributed by atoms with van der Waals surface area (Å²) >= 11 is 0. The Bertz CT molecular complexity index is 265. The predicted octanol–water partition coefficient (Wildman–Crippen LogP) is 1.08. The molecule has 1 saturated heterocycles. The summed E-state index contributed by atoms with van der Waals surface area (Å²) in [5.41, 5.74) is 0.270. The lowest BCUT2D eigenvalue weighted by Gasteiger charge is -2.08. The van der Waals surface area contributed by atoms with Crippen molar-refractivity contribution < 1.29 is 19.0 Å². The Morgan fingerprint density at radius 1 is 1.73 bits per heavy atom. The summed E-state index contributed by atoms with van der Waals surface area (Å²) in [6, 6.07) is 0. The van der Waals surface area contributed by atoms with Gasteiger partial charge in [0, 0.05) is 12.1 Å². The fourth-order valence-electron chi connectivity index (χ4n) is 1.51. The molecule has 0 aromatic rings. The van der Waals surface area contributed by atoms with Crippen molar-refractivity contribution in [2.75, 3.05) is 19.7 Å². The molecule has 1 aliphatic rings. The quantitative estimate of drug-likeness (QED) is 0.677. The van der Waals surface area contributed by atoms with E-state index in [1.54, 1.807) is 0 Å². The molecule has 4 nitrogen and oxygen atoms in total. The molecular weight excluding hydrogens is 201 g/mol. The van der Waals surface area contributed by atoms with Gasteiger partial charge >= 0.3 is 5.97 Å². The van der Waals surface area contributed by atoms with E-state index in [9.17, 15) is 9.18 Å². The number of carboxylic acids is 1. The van der Waals surface area contributed by atoms with Crippen LogP contribution in [0.1, 0.15) is 19.8 Å². The van der Waals surface area contributed by atoms with Gasteiger partial charge in [0.15, 0.2) is 6.10 Å². The minimum Gasteiger partial charge on any atom is -0.479 e. The van der Waals surface area contributed by atoms with Crippen LogP contribution in [0.5, 0.6) is 0 Å². The summed E-state index contributed by atoms with van der Waals surface area (Å²) in [5, 5.41) is 11.6. The Kier molecular flexibility index (Phi) is 4.71. The lowest BCUT2D eigenvalue weighted by atomic mass is 10.1. The van der Waals surface area contributed by atoms with E-state index < -0.39 is 17.9 Å². The van der Waals surface area contributed by atoms with E-state index in [0.29, 0.717) is 6.42 Å². The standard InChI is InChI=1S/C10H16FNO3/c1-2-4-12-6-8(11)7-3-5-15-9(7)10(13)14/h9,12H,2-6H2,1H3,(H,13,14). The molecule has 1 heterocycles. The summed E-state index contributed by atoms with van der Waals surface area (Å²) in [6.45, 7) is 3.08. The average Bonchev–Trinajstić information content (AvgIpc) is 2.66. The first-order chi connectivity index (χ1) is 7.16. The summed E-state index contributed by atoms with van der Waals surface area (Å²) in [7, 11) is 0. The fourth-order valence-corrected chi connectivity index (χ4v) is 1.51. The van der Waals surface area contributed by atoms with Crippen molar-refractivity contribution >= 4 is 5.97 Å². The molecule has 1 rings (SSSR count). The van der Waals surface area contributed by atoms with Gasteiger partial charge in [-0.15, -0.1) is 0 Å². The lowest BCUT2D eigenvalue weighted by molar-refractivity contribution is -0.145. The first-order valence-electron chi connectivity index (χ1n) is 5.09. The van der Waals surface area contributed by atoms with Gasteiger partial charge in [-0.1, -0.05) is 6.92 Å². The van der Waals surface area contributed by atoms with E-state index in [4.69, 9.17) is 9.84 Å². The van der Waals surface area contributed by atoms with Crippen molar-refractivity contribution in [1.29, 1.82) is 0 Å². The van der Waals surface area contributed by atoms with Crippen molar-refractivity contribution in [3.05, 3.63) is 11.4 Å². The van der Waals surface area contributed by atoms with Crippen LogP contribution >= 0.6 is 0 Å². The number of carboxylic acid groups (broad SMARTS) is 1. The zero-order chi connectivity index (χ0) is 11.3. The van der Waals surface area contributed by atoms with Crippen LogP contribution in [0.15, 0.2) is 11.4 Å². The molecule has 15 heavy (non-hydrogen) atoms. The van der Waals surface area contributed by atoms with E-state index in [0.717, 1.165) is 13.0 Å². The summed E-state index contributed by atoms with van der Waals surface area (Å²) in [4.78, 5) is 10.7. The number of nitrogens with one attached hydrogen (secondary N) is 1. The predicted molar refractivity (Wildman–Crippen MR) is 53.3 cm³/mol. The highest BCUT2D eigenvalue weighted by Gasteiger charge is 2.31. The molecule has 0 bridgehead atoms. The first kappa shape index (κ1) is 12.1. The Morgan fingerprint density at radius 3 is 3.07 bits per heavy atom. The van der Waals surface area contributed by atoms with Gasteiger partial charge in [-0.2, -0.15) is 0 Å². The van der Waals surface area contributed by atoms with Crippen LogP contribution in [-0.4, -0.2) is 36.9 Å². The molecule has 0 aromatic carbocycles. The number of ether oxygens (including phenoxy) is 1. The maximum absolute atomic E-state index is 13.5. The normalized spacial score (nSPS) is 24.3. The third-order valence-corrected chi connectivity index (χ3v) is 2.25. The highest BCUT2D eigenvalue weighted by atomic mass is 19.1. The van der Waals surface area contributed by atoms with Crippen molar-refractivity contribution in [2.24, 2.45) is 0 Å². The maximum Gasteiger partial charge on any atom is 0.337 e. The summed E-state index contributed by atoms with van der Waals surface area (Å²) in [5.74, 6) is -1.51. The van der Waals surface area contributed by atoms with Gasteiger partial charge in [0.25, 0.3) is 0 Å². The Labute approximate surface area is 88.1 Å². The second kappa shape index (κ2) is 5.82. The van der Waals surface area contributed by atoms with Crippen LogP contribution in [0.2, 0.25) is 0 Å². The van der Waals surface area contributed by atoms with Gasteiger partial charge < -0.3 is 15.2 Å². The molecule has 1 aliphatic heterocycles.